The van der Waals surface area contributed by atoms with Crippen molar-refractivity contribution in [3.05, 3.63) is 57.5 Å². The summed E-state index contributed by atoms with van der Waals surface area (Å²) in [6.45, 7) is 7.41. The molecular weight excluding hydrogens is 591 g/mol. The summed E-state index contributed by atoms with van der Waals surface area (Å²) in [5.74, 6) is 0.597. The molecule has 1 N–H and O–H groups in total. The molecule has 3 aromatic rings. The molecule has 0 bridgehead atoms. The third-order valence-electron chi connectivity index (χ3n) is 6.12. The second-order valence-electron chi connectivity index (χ2n) is 10.1. The lowest BCUT2D eigenvalue weighted by Crippen LogP contribution is -2.33. The first-order valence-corrected chi connectivity index (χ1v) is 14.0. The fourth-order valence-corrected chi connectivity index (χ4v) is 6.05. The number of nitrogens with one attached hydrogen (secondary N) is 1. The minimum atomic E-state index is -4.47. The van der Waals surface area contributed by atoms with Crippen LogP contribution in [0.15, 0.2) is 44.5 Å². The van der Waals surface area contributed by atoms with Gasteiger partial charge in [-0.2, -0.15) is 13.2 Å². The van der Waals surface area contributed by atoms with Crippen LogP contribution in [0.3, 0.4) is 0 Å². The van der Waals surface area contributed by atoms with Crippen LogP contribution in [0.1, 0.15) is 56.2 Å². The number of benzene rings is 1. The predicted molar refractivity (Wildman–Crippen MR) is 136 cm³/mol. The van der Waals surface area contributed by atoms with Gasteiger partial charge in [-0.05, 0) is 52.5 Å². The second kappa shape index (κ2) is 10.5. The Kier molecular flexibility index (Phi) is 7.79. The molecule has 3 heterocycles. The Morgan fingerprint density at radius 3 is 2.47 bits per heavy atom. The molecule has 0 amide bonds. The minimum Gasteiger partial charge on any atom is -0.454 e. The zero-order valence-electron chi connectivity index (χ0n) is 21.1. The average Bonchev–Trinajstić information content (AvgIpc) is 3.21. The molecule has 0 aliphatic carbocycles. The van der Waals surface area contributed by atoms with Crippen molar-refractivity contribution in [1.82, 2.24) is 20.0 Å². The first kappa shape index (κ1) is 28.3. The van der Waals surface area contributed by atoms with E-state index in [9.17, 15) is 21.6 Å². The average molecular weight is 618 g/mol. The molecular formula is C24H27BrF3N5O4S. The monoisotopic (exact) mass is 617 g/mol. The highest BCUT2D eigenvalue weighted by atomic mass is 79.9. The van der Waals surface area contributed by atoms with Crippen molar-refractivity contribution in [2.24, 2.45) is 0 Å². The summed E-state index contributed by atoms with van der Waals surface area (Å²) >= 11 is 3.38. The second-order valence-corrected chi connectivity index (χ2v) is 12.5. The Hall–Kier alpha value is -2.71. The summed E-state index contributed by atoms with van der Waals surface area (Å²) in [5.41, 5.74) is 2.22. The molecule has 2 aromatic heterocycles. The molecule has 14 heteroatoms. The summed E-state index contributed by atoms with van der Waals surface area (Å²) < 4.78 is 76.2. The van der Waals surface area contributed by atoms with E-state index < -0.39 is 22.8 Å². The van der Waals surface area contributed by atoms with Crippen molar-refractivity contribution in [2.45, 2.75) is 63.2 Å². The summed E-state index contributed by atoms with van der Waals surface area (Å²) in [6, 6.07) is 4.49. The molecule has 206 valence electrons. The summed E-state index contributed by atoms with van der Waals surface area (Å²) in [7, 11) is -3.95. The molecule has 38 heavy (non-hydrogen) atoms. The Morgan fingerprint density at radius 1 is 1.18 bits per heavy atom. The normalized spacial score (nSPS) is 15.7. The number of aromatic nitrogens is 3. The van der Waals surface area contributed by atoms with Crippen molar-refractivity contribution in [1.29, 1.82) is 0 Å². The van der Waals surface area contributed by atoms with E-state index in [2.05, 4.69) is 45.4 Å². The zero-order chi connectivity index (χ0) is 27.9. The highest BCUT2D eigenvalue weighted by Gasteiger charge is 2.30. The van der Waals surface area contributed by atoms with E-state index in [0.29, 0.717) is 35.3 Å². The number of nitrogens with zero attached hydrogens (tertiary/aromatic N) is 4. The van der Waals surface area contributed by atoms with Gasteiger partial charge in [0.25, 0.3) is 10.0 Å². The molecule has 9 nitrogen and oxygen atoms in total. The quantitative estimate of drug-likeness (QED) is 0.376. The van der Waals surface area contributed by atoms with Gasteiger partial charge in [-0.15, -0.1) is 0 Å². The highest BCUT2D eigenvalue weighted by Crippen LogP contribution is 2.36. The zero-order valence-corrected chi connectivity index (χ0v) is 23.5. The topological polar surface area (TPSA) is 110 Å². The molecule has 0 spiro atoms. The van der Waals surface area contributed by atoms with Gasteiger partial charge in [-0.25, -0.2) is 18.4 Å². The SMILES string of the molecule is CC(c1cnc(OCC(F)(F)F)nc1)N1CCc2ccc(S(=O)(=O)Nc3noc(C(C)(C)C)c3Br)cc2C1. The molecule has 1 aliphatic heterocycles. The molecule has 0 radical (unpaired) electrons. The van der Waals surface area contributed by atoms with E-state index in [4.69, 9.17) is 4.52 Å². The van der Waals surface area contributed by atoms with Gasteiger partial charge in [0.1, 0.15) is 4.47 Å². The van der Waals surface area contributed by atoms with Crippen LogP contribution in [-0.2, 0) is 28.4 Å². The number of sulfonamides is 1. The minimum absolute atomic E-state index is 0.0746. The maximum absolute atomic E-state index is 13.2. The number of hydrogen-bond acceptors (Lipinski definition) is 8. The highest BCUT2D eigenvalue weighted by molar-refractivity contribution is 9.10. The first-order chi connectivity index (χ1) is 17.6. The molecule has 4 rings (SSSR count). The van der Waals surface area contributed by atoms with E-state index in [1.54, 1.807) is 18.2 Å². The van der Waals surface area contributed by atoms with Crippen molar-refractivity contribution in [2.75, 3.05) is 17.9 Å². The number of ether oxygens (including phenoxy) is 1. The van der Waals surface area contributed by atoms with E-state index in [1.807, 2.05) is 27.7 Å². The molecule has 1 atom stereocenters. The summed E-state index contributed by atoms with van der Waals surface area (Å²) in [6.07, 6.45) is -0.902. The van der Waals surface area contributed by atoms with Crippen LogP contribution in [0.25, 0.3) is 0 Å². The van der Waals surface area contributed by atoms with Gasteiger partial charge >= 0.3 is 12.2 Å². The van der Waals surface area contributed by atoms with Crippen molar-refractivity contribution >= 4 is 31.8 Å². The van der Waals surface area contributed by atoms with Crippen LogP contribution >= 0.6 is 15.9 Å². The van der Waals surface area contributed by atoms with Gasteiger partial charge in [0, 0.05) is 42.5 Å². The van der Waals surface area contributed by atoms with Gasteiger partial charge < -0.3 is 9.26 Å². The van der Waals surface area contributed by atoms with Crippen LogP contribution in [-0.4, -0.2) is 47.8 Å². The molecule has 1 aliphatic rings. The van der Waals surface area contributed by atoms with E-state index in [1.165, 1.54) is 12.4 Å². The number of hydrogen-bond donors (Lipinski definition) is 1. The van der Waals surface area contributed by atoms with Gasteiger partial charge in [-0.3, -0.25) is 9.62 Å². The predicted octanol–water partition coefficient (Wildman–Crippen LogP) is 5.39. The van der Waals surface area contributed by atoms with Crippen LogP contribution in [0.2, 0.25) is 0 Å². The Balaban J connectivity index is 1.48. The number of alkyl halides is 3. The standard InChI is InChI=1S/C24H27BrF3N5O4S/c1-14(17-10-29-22(30-11-17)36-13-24(26,27)28)33-8-7-15-5-6-18(9-16(15)12-33)38(34,35)32-21-19(25)20(37-31-21)23(2,3)4/h5-6,9-11,14H,7-8,12-13H2,1-4H3,(H,31,32). The van der Waals surface area contributed by atoms with Crippen LogP contribution in [0.5, 0.6) is 6.01 Å². The molecule has 0 saturated heterocycles. The largest absolute Gasteiger partial charge is 0.454 e. The van der Waals surface area contributed by atoms with Gasteiger partial charge in [0.05, 0.1) is 4.90 Å². The molecule has 1 aromatic carbocycles. The van der Waals surface area contributed by atoms with Crippen LogP contribution in [0.4, 0.5) is 19.0 Å². The lowest BCUT2D eigenvalue weighted by atomic mass is 9.93. The third kappa shape index (κ3) is 6.46. The summed E-state index contributed by atoms with van der Waals surface area (Å²) in [5, 5.41) is 3.88. The fourth-order valence-electron chi connectivity index (χ4n) is 4.02. The Labute approximate surface area is 227 Å². The van der Waals surface area contributed by atoms with Crippen molar-refractivity contribution < 1.29 is 30.8 Å². The van der Waals surface area contributed by atoms with Crippen molar-refractivity contribution in [3.8, 4) is 6.01 Å². The van der Waals surface area contributed by atoms with E-state index >= 15 is 0 Å². The molecule has 0 fully saturated rings. The van der Waals surface area contributed by atoms with E-state index in [-0.39, 0.29) is 28.2 Å². The molecule has 0 saturated carbocycles. The van der Waals surface area contributed by atoms with Gasteiger partial charge in [-0.1, -0.05) is 32.0 Å². The van der Waals surface area contributed by atoms with Gasteiger partial charge in [0.15, 0.2) is 18.2 Å². The van der Waals surface area contributed by atoms with Gasteiger partial charge in [0.2, 0.25) is 0 Å². The number of halogens is 4. The first-order valence-electron chi connectivity index (χ1n) is 11.7. The Bertz CT molecular complexity index is 1410. The lowest BCUT2D eigenvalue weighted by molar-refractivity contribution is -0.154. The maximum atomic E-state index is 13.2. The van der Waals surface area contributed by atoms with Crippen molar-refractivity contribution in [3.63, 3.8) is 0 Å². The van der Waals surface area contributed by atoms with Crippen LogP contribution < -0.4 is 9.46 Å². The molecule has 1 unspecified atom stereocenters. The summed E-state index contributed by atoms with van der Waals surface area (Å²) in [4.78, 5) is 9.98. The van der Waals surface area contributed by atoms with Crippen LogP contribution in [0, 0.1) is 0 Å². The maximum Gasteiger partial charge on any atom is 0.422 e. The van der Waals surface area contributed by atoms with E-state index in [0.717, 1.165) is 11.1 Å². The Morgan fingerprint density at radius 2 is 1.87 bits per heavy atom. The lowest BCUT2D eigenvalue weighted by Gasteiger charge is -2.34. The number of anilines is 1. The third-order valence-corrected chi connectivity index (χ3v) is 8.19. The smallest absolute Gasteiger partial charge is 0.422 e. The number of fused-ring (bicyclic) bond motifs is 1. The number of rotatable bonds is 7. The fraction of sp³-hybridized carbons (Fsp3) is 0.458.